The molecule has 1 aromatic rings. The third kappa shape index (κ3) is 2.32. The minimum atomic E-state index is 0.505. The molecule has 0 aliphatic rings. The first kappa shape index (κ1) is 7.63. The third-order valence-corrected chi connectivity index (χ3v) is 1.41. The van der Waals surface area contributed by atoms with E-state index < -0.39 is 0 Å². The fourth-order valence-corrected chi connectivity index (χ4v) is 0.928. The average molecular weight is 148 g/mol. The van der Waals surface area contributed by atoms with Crippen LogP contribution in [0.5, 0.6) is 0 Å². The Morgan fingerprint density at radius 3 is 3.00 bits per heavy atom. The Kier molecular flexibility index (Phi) is 2.53. The van der Waals surface area contributed by atoms with Gasteiger partial charge in [-0.2, -0.15) is 0 Å². The topological polar surface area (TPSA) is 50.3 Å². The highest BCUT2D eigenvalue weighted by Crippen LogP contribution is 2.04. The van der Waals surface area contributed by atoms with Crippen molar-refractivity contribution >= 4 is 0 Å². The predicted octanol–water partition coefficient (Wildman–Crippen LogP) is 2.05. The summed E-state index contributed by atoms with van der Waals surface area (Å²) in [5.41, 5.74) is 8.77. The summed E-state index contributed by atoms with van der Waals surface area (Å²) in [5, 5.41) is 3.57. The summed E-state index contributed by atoms with van der Waals surface area (Å²) in [6.45, 7) is 2.53. The van der Waals surface area contributed by atoms with Crippen LogP contribution in [0.15, 0.2) is 29.4 Å². The Balaban J connectivity index is 2.79. The molecule has 1 N–H and O–H groups in total. The fraction of sp³-hybridized carbons (Fsp3) is 0.250. The molecule has 0 heterocycles. The second kappa shape index (κ2) is 3.64. The summed E-state index contributed by atoms with van der Waals surface area (Å²) in [5.74, 6) is 0. The first-order valence-corrected chi connectivity index (χ1v) is 3.41. The van der Waals surface area contributed by atoms with Gasteiger partial charge in [-0.25, -0.2) is 0 Å². The zero-order chi connectivity index (χ0) is 8.10. The van der Waals surface area contributed by atoms with Gasteiger partial charge in [0.05, 0.1) is 0 Å². The fourth-order valence-electron chi connectivity index (χ4n) is 0.928. The maximum absolute atomic E-state index is 6.46. The summed E-state index contributed by atoms with van der Waals surface area (Å²) in [4.78, 5) is 2.94. The molecule has 0 spiro atoms. The van der Waals surface area contributed by atoms with Crippen LogP contribution in [-0.4, -0.2) is 0 Å². The minimum Gasteiger partial charge on any atom is -0.0617 e. The first-order chi connectivity index (χ1) is 5.33. The van der Waals surface area contributed by atoms with E-state index in [4.69, 9.17) is 5.53 Å². The summed E-state index contributed by atoms with van der Waals surface area (Å²) in [6, 6.07) is 8.02. The lowest BCUT2D eigenvalue weighted by Crippen LogP contribution is -1.81. The monoisotopic (exact) mass is 148 g/mol. The van der Waals surface area contributed by atoms with Crippen molar-refractivity contribution in [3.05, 3.63) is 35.4 Å². The Morgan fingerprint density at radius 2 is 2.36 bits per heavy atom. The van der Waals surface area contributed by atoms with Crippen molar-refractivity contribution in [2.24, 2.45) is 5.11 Å². The van der Waals surface area contributed by atoms with E-state index in [2.05, 4.69) is 10.0 Å². The lowest BCUT2D eigenvalue weighted by Gasteiger charge is -1.92. The summed E-state index contributed by atoms with van der Waals surface area (Å²) in [7, 11) is 0. The quantitative estimate of drug-likeness (QED) is 0.493. The molecule has 0 saturated heterocycles. The van der Waals surface area contributed by atoms with Crippen molar-refractivity contribution in [2.45, 2.75) is 13.5 Å². The predicted molar refractivity (Wildman–Crippen MR) is 42.2 cm³/mol. The van der Waals surface area contributed by atoms with E-state index in [1.807, 2.05) is 31.2 Å². The van der Waals surface area contributed by atoms with E-state index in [-0.39, 0.29) is 0 Å². The lowest BCUT2D eigenvalue weighted by molar-refractivity contribution is 0.857. The largest absolute Gasteiger partial charge is 0.214 e. The van der Waals surface area contributed by atoms with Crippen LogP contribution in [-0.2, 0) is 6.54 Å². The number of nitrogens with one attached hydrogen (secondary N) is 1. The number of hydrogen-bond donors (Lipinski definition) is 1. The van der Waals surface area contributed by atoms with Gasteiger partial charge in [0.25, 0.3) is 0 Å². The first-order valence-electron chi connectivity index (χ1n) is 3.41. The molecule has 0 unspecified atom stereocenters. The smallest absolute Gasteiger partial charge is 0.0617 e. The highest BCUT2D eigenvalue weighted by atomic mass is 15.1. The molecule has 3 nitrogen and oxygen atoms in total. The van der Waals surface area contributed by atoms with Crippen LogP contribution in [0.3, 0.4) is 0 Å². The van der Waals surface area contributed by atoms with Gasteiger partial charge in [0.1, 0.15) is 17.2 Å². The van der Waals surface area contributed by atoms with Crippen LogP contribution in [0.2, 0.25) is 0 Å². The molecule has 0 radical (unpaired) electrons. The Hall–Kier alpha value is -1.47. The van der Waals surface area contributed by atoms with E-state index in [9.17, 15) is 0 Å². The maximum Gasteiger partial charge on any atom is 0.214 e. The summed E-state index contributed by atoms with van der Waals surface area (Å²) in [6.07, 6.45) is 0. The molecule has 1 aromatic carbocycles. The normalized spacial score (nSPS) is 8.82. The standard InChI is InChI=1S/C8H10N3/c1-7-3-2-4-8(5-7)6-10-11-9/h2-5,9H,6H2,1H3/q+1. The second-order valence-electron chi connectivity index (χ2n) is 2.39. The van der Waals surface area contributed by atoms with Crippen molar-refractivity contribution < 1.29 is 0 Å². The van der Waals surface area contributed by atoms with Gasteiger partial charge in [-0.15, -0.1) is 0 Å². The Labute approximate surface area is 65.3 Å². The van der Waals surface area contributed by atoms with Crippen LogP contribution in [0.25, 0.3) is 0 Å². The van der Waals surface area contributed by atoms with Gasteiger partial charge in [0.15, 0.2) is 0 Å². The van der Waals surface area contributed by atoms with E-state index in [1.165, 1.54) is 5.56 Å². The van der Waals surface area contributed by atoms with Crippen molar-refractivity contribution in [3.8, 4) is 0 Å². The molecule has 0 aromatic heterocycles. The van der Waals surface area contributed by atoms with E-state index in [0.29, 0.717) is 6.54 Å². The van der Waals surface area contributed by atoms with Gasteiger partial charge in [0, 0.05) is 0 Å². The SMILES string of the molecule is Cc1cccc(CN=[N+]=N)c1. The molecule has 0 saturated carbocycles. The number of benzene rings is 1. The molecule has 0 bridgehead atoms. The molecule has 11 heavy (non-hydrogen) atoms. The average Bonchev–Trinajstić information content (AvgIpc) is 2.01. The van der Waals surface area contributed by atoms with E-state index in [1.54, 1.807) is 0 Å². The van der Waals surface area contributed by atoms with Gasteiger partial charge < -0.3 is 0 Å². The van der Waals surface area contributed by atoms with Crippen molar-refractivity contribution in [1.29, 1.82) is 5.53 Å². The van der Waals surface area contributed by atoms with Gasteiger partial charge in [-0.05, 0) is 12.5 Å². The zero-order valence-electron chi connectivity index (χ0n) is 6.41. The van der Waals surface area contributed by atoms with Crippen LogP contribution in [0, 0.1) is 12.5 Å². The summed E-state index contributed by atoms with van der Waals surface area (Å²) < 4.78 is 0. The second-order valence-corrected chi connectivity index (χ2v) is 2.39. The number of nitrogens with zero attached hydrogens (tertiary/aromatic N) is 2. The summed E-state index contributed by atoms with van der Waals surface area (Å²) >= 11 is 0. The molecule has 0 atom stereocenters. The number of rotatable bonds is 2. The Bertz CT molecular complexity index is 287. The molecular weight excluding hydrogens is 138 g/mol. The molecule has 56 valence electrons. The van der Waals surface area contributed by atoms with Crippen LogP contribution in [0.4, 0.5) is 0 Å². The van der Waals surface area contributed by atoms with Gasteiger partial charge in [-0.1, -0.05) is 29.8 Å². The molecule has 0 fully saturated rings. The van der Waals surface area contributed by atoms with Gasteiger partial charge in [-0.3, -0.25) is 0 Å². The van der Waals surface area contributed by atoms with Crippen LogP contribution in [0.1, 0.15) is 11.1 Å². The minimum absolute atomic E-state index is 0.505. The zero-order valence-corrected chi connectivity index (χ0v) is 6.41. The van der Waals surface area contributed by atoms with Crippen molar-refractivity contribution in [2.75, 3.05) is 0 Å². The highest BCUT2D eigenvalue weighted by Gasteiger charge is 1.93. The van der Waals surface area contributed by atoms with Crippen molar-refractivity contribution in [3.63, 3.8) is 0 Å². The molecular formula is C8H10N3+. The van der Waals surface area contributed by atoms with E-state index in [0.717, 1.165) is 5.56 Å². The van der Waals surface area contributed by atoms with E-state index >= 15 is 0 Å². The van der Waals surface area contributed by atoms with Crippen LogP contribution >= 0.6 is 0 Å². The molecule has 1 rings (SSSR count). The highest BCUT2D eigenvalue weighted by molar-refractivity contribution is 5.21. The Morgan fingerprint density at radius 1 is 1.55 bits per heavy atom. The third-order valence-electron chi connectivity index (χ3n) is 1.41. The van der Waals surface area contributed by atoms with Crippen LogP contribution < -0.4 is 4.91 Å². The molecule has 3 heteroatoms. The van der Waals surface area contributed by atoms with Gasteiger partial charge >= 0.3 is 0 Å². The number of aryl methyl sites for hydroxylation is 1. The lowest BCUT2D eigenvalue weighted by atomic mass is 10.1. The maximum atomic E-state index is 6.46. The molecule has 0 amide bonds. The van der Waals surface area contributed by atoms with Gasteiger partial charge in [0.2, 0.25) is 4.91 Å². The molecule has 0 aliphatic heterocycles. The number of hydrogen-bond acceptors (Lipinski definition) is 2. The molecule has 0 aliphatic carbocycles. The van der Waals surface area contributed by atoms with Crippen molar-refractivity contribution in [1.82, 2.24) is 4.91 Å².